The summed E-state index contributed by atoms with van der Waals surface area (Å²) >= 11 is 0. The number of para-hydroxylation sites is 1. The van der Waals surface area contributed by atoms with Crippen molar-refractivity contribution in [1.82, 2.24) is 4.98 Å². The maximum atomic E-state index is 9.95. The van der Waals surface area contributed by atoms with Gasteiger partial charge in [-0.2, -0.15) is 0 Å². The minimum absolute atomic E-state index is 0.208. The molecule has 0 aliphatic rings. The van der Waals surface area contributed by atoms with Crippen LogP contribution in [0.1, 0.15) is 56.7 Å². The van der Waals surface area contributed by atoms with E-state index in [1.54, 1.807) is 6.07 Å². The summed E-state index contributed by atoms with van der Waals surface area (Å²) in [5, 5.41) is 10.9. The van der Waals surface area contributed by atoms with Crippen LogP contribution in [0.3, 0.4) is 0 Å². The summed E-state index contributed by atoms with van der Waals surface area (Å²) in [6.45, 7) is 3.02. The molecule has 0 spiro atoms. The molecule has 0 aliphatic heterocycles. The maximum Gasteiger partial charge on any atom is 0.141 e. The van der Waals surface area contributed by atoms with Crippen LogP contribution < -0.4 is 4.74 Å². The second-order valence-electron chi connectivity index (χ2n) is 7.10. The summed E-state index contributed by atoms with van der Waals surface area (Å²) in [6.07, 6.45) is 11.6. The van der Waals surface area contributed by atoms with Gasteiger partial charge in [-0.1, -0.05) is 75.4 Å². The third kappa shape index (κ3) is 5.85. The van der Waals surface area contributed by atoms with Crippen LogP contribution in [0.5, 0.6) is 11.5 Å². The summed E-state index contributed by atoms with van der Waals surface area (Å²) in [5.74, 6) is 1.12. The molecule has 3 rings (SSSR count). The highest BCUT2D eigenvalue weighted by Gasteiger charge is 2.01. The smallest absolute Gasteiger partial charge is 0.141 e. The fourth-order valence-electron chi connectivity index (χ4n) is 3.17. The topological polar surface area (TPSA) is 42.4 Å². The Morgan fingerprint density at radius 3 is 2.46 bits per heavy atom. The molecule has 3 nitrogen and oxygen atoms in total. The van der Waals surface area contributed by atoms with Crippen LogP contribution in [0.15, 0.2) is 54.6 Å². The van der Waals surface area contributed by atoms with E-state index in [-0.39, 0.29) is 5.75 Å². The first kappa shape index (κ1) is 19.9. The van der Waals surface area contributed by atoms with E-state index in [2.05, 4.69) is 11.9 Å². The predicted octanol–water partition coefficient (Wildman–Crippen LogP) is 6.85. The zero-order valence-corrected chi connectivity index (χ0v) is 16.6. The average molecular weight is 376 g/mol. The lowest BCUT2D eigenvalue weighted by molar-refractivity contribution is 0.304. The molecule has 0 saturated carbocycles. The van der Waals surface area contributed by atoms with Crippen LogP contribution in [0.25, 0.3) is 23.1 Å². The first-order chi connectivity index (χ1) is 13.8. The van der Waals surface area contributed by atoms with Gasteiger partial charge in [-0.3, -0.25) is 0 Å². The minimum Gasteiger partial charge on any atom is -0.506 e. The Morgan fingerprint density at radius 2 is 1.64 bits per heavy atom. The van der Waals surface area contributed by atoms with E-state index in [0.717, 1.165) is 35.4 Å². The van der Waals surface area contributed by atoms with Gasteiger partial charge in [0.2, 0.25) is 0 Å². The highest BCUT2D eigenvalue weighted by molar-refractivity contribution is 5.85. The number of nitrogens with zero attached hydrogens (tertiary/aromatic N) is 1. The Bertz CT molecular complexity index is 900. The largest absolute Gasteiger partial charge is 0.506 e. The molecule has 28 heavy (non-hydrogen) atoms. The van der Waals surface area contributed by atoms with Crippen LogP contribution in [0.2, 0.25) is 0 Å². The number of pyridine rings is 1. The van der Waals surface area contributed by atoms with Gasteiger partial charge in [0.25, 0.3) is 0 Å². The average Bonchev–Trinajstić information content (AvgIpc) is 2.73. The number of benzene rings is 2. The Labute approximate surface area is 167 Å². The molecule has 1 aromatic heterocycles. The molecule has 0 amide bonds. The van der Waals surface area contributed by atoms with Gasteiger partial charge in [-0.25, -0.2) is 4.98 Å². The standard InChI is InChI=1S/C25H29NO2/c1-2-3-4-5-6-7-19-28-23-17-12-20(13-18-23)11-15-22-16-14-21-9-8-10-24(27)25(21)26-22/h8-18,27H,2-7,19H2,1H3/b15-11+. The number of fused-ring (bicyclic) bond motifs is 1. The zero-order chi connectivity index (χ0) is 19.6. The fourth-order valence-corrected chi connectivity index (χ4v) is 3.17. The molecule has 146 valence electrons. The van der Waals surface area contributed by atoms with Gasteiger partial charge in [0.15, 0.2) is 0 Å². The molecule has 3 aromatic rings. The summed E-state index contributed by atoms with van der Waals surface area (Å²) < 4.78 is 5.83. The Hall–Kier alpha value is -2.81. The number of aromatic nitrogens is 1. The molecule has 0 atom stereocenters. The van der Waals surface area contributed by atoms with E-state index in [4.69, 9.17) is 4.74 Å². The zero-order valence-electron chi connectivity index (χ0n) is 16.6. The molecule has 0 saturated heterocycles. The molecule has 0 radical (unpaired) electrons. The summed E-state index contributed by atoms with van der Waals surface area (Å²) in [4.78, 5) is 4.52. The van der Waals surface area contributed by atoms with E-state index in [1.807, 2.05) is 60.7 Å². The van der Waals surface area contributed by atoms with Crippen molar-refractivity contribution in [3.05, 3.63) is 65.9 Å². The lowest BCUT2D eigenvalue weighted by atomic mass is 10.1. The Morgan fingerprint density at radius 1 is 0.857 bits per heavy atom. The molecule has 1 heterocycles. The molecule has 0 aliphatic carbocycles. The van der Waals surface area contributed by atoms with Crippen LogP contribution >= 0.6 is 0 Å². The van der Waals surface area contributed by atoms with Gasteiger partial charge < -0.3 is 9.84 Å². The lowest BCUT2D eigenvalue weighted by Gasteiger charge is -2.06. The van der Waals surface area contributed by atoms with Crippen molar-refractivity contribution in [3.63, 3.8) is 0 Å². The molecule has 2 aromatic carbocycles. The van der Waals surface area contributed by atoms with Crippen LogP contribution in [0.4, 0.5) is 0 Å². The van der Waals surface area contributed by atoms with Crippen molar-refractivity contribution in [1.29, 1.82) is 0 Å². The number of hydrogen-bond acceptors (Lipinski definition) is 3. The van der Waals surface area contributed by atoms with Crippen molar-refractivity contribution in [2.24, 2.45) is 0 Å². The third-order valence-electron chi connectivity index (χ3n) is 4.81. The van der Waals surface area contributed by atoms with Gasteiger partial charge in [0.05, 0.1) is 12.3 Å². The number of hydrogen-bond donors (Lipinski definition) is 1. The number of rotatable bonds is 10. The lowest BCUT2D eigenvalue weighted by Crippen LogP contribution is -1.97. The van der Waals surface area contributed by atoms with E-state index >= 15 is 0 Å². The van der Waals surface area contributed by atoms with E-state index in [1.165, 1.54) is 32.1 Å². The molecular formula is C25H29NO2. The first-order valence-electron chi connectivity index (χ1n) is 10.3. The van der Waals surface area contributed by atoms with Gasteiger partial charge in [0.1, 0.15) is 17.0 Å². The fraction of sp³-hybridized carbons (Fsp3) is 0.320. The van der Waals surface area contributed by atoms with Crippen molar-refractivity contribution >= 4 is 23.1 Å². The highest BCUT2D eigenvalue weighted by atomic mass is 16.5. The second-order valence-corrected chi connectivity index (χ2v) is 7.10. The van der Waals surface area contributed by atoms with E-state index in [0.29, 0.717) is 5.52 Å². The maximum absolute atomic E-state index is 9.95. The minimum atomic E-state index is 0.208. The normalized spacial score (nSPS) is 11.3. The molecule has 0 unspecified atom stereocenters. The summed E-state index contributed by atoms with van der Waals surface area (Å²) in [6, 6.07) is 17.5. The molecule has 1 N–H and O–H groups in total. The quantitative estimate of drug-likeness (QED) is 0.394. The Balaban J connectivity index is 1.50. The predicted molar refractivity (Wildman–Crippen MR) is 118 cm³/mol. The molecular weight excluding hydrogens is 346 g/mol. The number of ether oxygens (including phenoxy) is 1. The number of phenolic OH excluding ortho intramolecular Hbond substituents is 1. The van der Waals surface area contributed by atoms with Crippen LogP contribution in [-0.4, -0.2) is 16.7 Å². The highest BCUT2D eigenvalue weighted by Crippen LogP contribution is 2.23. The first-order valence-corrected chi connectivity index (χ1v) is 10.3. The van der Waals surface area contributed by atoms with Gasteiger partial charge in [-0.05, 0) is 42.3 Å². The van der Waals surface area contributed by atoms with Crippen molar-refractivity contribution in [2.45, 2.75) is 45.4 Å². The monoisotopic (exact) mass is 375 g/mol. The van der Waals surface area contributed by atoms with Crippen LogP contribution in [0, 0.1) is 0 Å². The number of aromatic hydroxyl groups is 1. The third-order valence-corrected chi connectivity index (χ3v) is 4.81. The SMILES string of the molecule is CCCCCCCCOc1ccc(/C=C/c2ccc3cccc(O)c3n2)cc1. The van der Waals surface area contributed by atoms with Crippen molar-refractivity contribution in [2.75, 3.05) is 6.61 Å². The molecule has 0 bridgehead atoms. The number of unbranched alkanes of at least 4 members (excludes halogenated alkanes) is 5. The van der Waals surface area contributed by atoms with E-state index < -0.39 is 0 Å². The summed E-state index contributed by atoms with van der Waals surface area (Å²) in [5.41, 5.74) is 2.53. The molecule has 0 fully saturated rings. The van der Waals surface area contributed by atoms with Gasteiger partial charge >= 0.3 is 0 Å². The van der Waals surface area contributed by atoms with Gasteiger partial charge in [-0.15, -0.1) is 0 Å². The van der Waals surface area contributed by atoms with E-state index in [9.17, 15) is 5.11 Å². The van der Waals surface area contributed by atoms with Crippen molar-refractivity contribution in [3.8, 4) is 11.5 Å². The number of phenols is 1. The van der Waals surface area contributed by atoms with Crippen molar-refractivity contribution < 1.29 is 9.84 Å². The Kier molecular flexibility index (Phi) is 7.48. The summed E-state index contributed by atoms with van der Waals surface area (Å²) in [7, 11) is 0. The van der Waals surface area contributed by atoms with Crippen LogP contribution in [-0.2, 0) is 0 Å². The van der Waals surface area contributed by atoms with Gasteiger partial charge in [0, 0.05) is 5.39 Å². The second kappa shape index (κ2) is 10.5. The molecule has 3 heteroatoms.